The van der Waals surface area contributed by atoms with Crippen molar-refractivity contribution in [3.8, 4) is 0 Å². The van der Waals surface area contributed by atoms with Gasteiger partial charge in [0.25, 0.3) is 0 Å². The maximum Gasteiger partial charge on any atom is 0.343 e. The van der Waals surface area contributed by atoms with Crippen molar-refractivity contribution in [2.45, 2.75) is 80.1 Å². The van der Waals surface area contributed by atoms with E-state index in [0.717, 1.165) is 6.42 Å². The lowest BCUT2D eigenvalue weighted by Crippen LogP contribution is -2.19. The Hall–Kier alpha value is -2.09. The van der Waals surface area contributed by atoms with Crippen molar-refractivity contribution in [3.05, 3.63) is 70.1 Å². The fraction of sp³-hybridized carbons (Fsp3) is 0.519. The molecule has 0 radical (unpaired) electrons. The van der Waals surface area contributed by atoms with Crippen LogP contribution < -0.4 is 0 Å². The number of hydrogen-bond donors (Lipinski definition) is 0. The molecule has 0 aromatic heterocycles. The first-order valence-corrected chi connectivity index (χ1v) is 11.0. The third kappa shape index (κ3) is 4.91. The van der Waals surface area contributed by atoms with Crippen molar-refractivity contribution in [2.24, 2.45) is 10.8 Å². The van der Waals surface area contributed by atoms with E-state index in [1.807, 2.05) is 24.3 Å². The Balaban J connectivity index is 1.76. The summed E-state index contributed by atoms with van der Waals surface area (Å²) in [5.41, 5.74) is 6.68. The first kappa shape index (κ1) is 21.6. The molecule has 2 nitrogen and oxygen atoms in total. The molecule has 0 saturated carbocycles. The van der Waals surface area contributed by atoms with E-state index in [0.29, 0.717) is 11.3 Å². The van der Waals surface area contributed by atoms with Gasteiger partial charge in [-0.3, -0.25) is 0 Å². The fourth-order valence-electron chi connectivity index (χ4n) is 5.04. The van der Waals surface area contributed by atoms with Gasteiger partial charge in [0.15, 0.2) is 0 Å². The van der Waals surface area contributed by atoms with Crippen LogP contribution in [0.4, 0.5) is 0 Å². The maximum absolute atomic E-state index is 12.3. The molecule has 0 saturated heterocycles. The van der Waals surface area contributed by atoms with Crippen molar-refractivity contribution >= 4 is 5.97 Å². The summed E-state index contributed by atoms with van der Waals surface area (Å²) in [4.78, 5) is 12.3. The standard InChI is InChI=1S/C27H36O2/c1-19-10-8-16-26(3,4)23(19)13-7-12-22-18-21(25(28)29-22)14-15-24-20(2)11-9-17-27(24,5)6/h7,12-15,18H,8-11,16-17H2,1-6H3/b13-7+,15-14+,22-12+. The fourth-order valence-corrected chi connectivity index (χ4v) is 5.04. The lowest BCUT2D eigenvalue weighted by molar-refractivity contribution is -0.132. The molecule has 0 spiro atoms. The summed E-state index contributed by atoms with van der Waals surface area (Å²) in [7, 11) is 0. The van der Waals surface area contributed by atoms with E-state index < -0.39 is 0 Å². The van der Waals surface area contributed by atoms with Gasteiger partial charge in [0, 0.05) is 0 Å². The molecule has 3 rings (SSSR count). The SMILES string of the molecule is CC1=C(/C=C/C=C2C=C(/C=C/C3=C(C)CCCC3(C)C)C(=O)O\2)C(C)(C)CCC1. The molecule has 2 heteroatoms. The highest BCUT2D eigenvalue weighted by atomic mass is 16.5. The molecule has 0 amide bonds. The smallest absolute Gasteiger partial charge is 0.343 e. The zero-order chi connectivity index (χ0) is 21.2. The van der Waals surface area contributed by atoms with Crippen molar-refractivity contribution in [1.82, 2.24) is 0 Å². The number of rotatable bonds is 4. The summed E-state index contributed by atoms with van der Waals surface area (Å²) < 4.78 is 5.46. The van der Waals surface area contributed by atoms with Crippen LogP contribution in [0.2, 0.25) is 0 Å². The van der Waals surface area contributed by atoms with E-state index in [2.05, 4.69) is 53.7 Å². The summed E-state index contributed by atoms with van der Waals surface area (Å²) in [6.45, 7) is 13.6. The molecule has 2 aliphatic carbocycles. The quantitative estimate of drug-likeness (QED) is 0.462. The minimum atomic E-state index is -0.263. The van der Waals surface area contributed by atoms with Crippen LogP contribution in [0, 0.1) is 10.8 Å². The van der Waals surface area contributed by atoms with Gasteiger partial charge < -0.3 is 4.74 Å². The second-order valence-electron chi connectivity index (χ2n) is 10.1. The number of ether oxygens (including phenoxy) is 1. The largest absolute Gasteiger partial charge is 0.423 e. The van der Waals surface area contributed by atoms with Crippen LogP contribution in [-0.2, 0) is 9.53 Å². The lowest BCUT2D eigenvalue weighted by atomic mass is 9.72. The Labute approximate surface area is 176 Å². The average molecular weight is 393 g/mol. The summed E-state index contributed by atoms with van der Waals surface area (Å²) >= 11 is 0. The van der Waals surface area contributed by atoms with Gasteiger partial charge in [-0.2, -0.15) is 0 Å². The predicted octanol–water partition coefficient (Wildman–Crippen LogP) is 7.52. The van der Waals surface area contributed by atoms with Gasteiger partial charge in [-0.15, -0.1) is 0 Å². The number of carbonyl (C=O) groups excluding carboxylic acids is 1. The van der Waals surface area contributed by atoms with Crippen LogP contribution in [0.1, 0.15) is 80.1 Å². The number of hydrogen-bond acceptors (Lipinski definition) is 2. The summed E-state index contributed by atoms with van der Waals surface area (Å²) in [5, 5.41) is 0. The molecule has 0 N–H and O–H groups in total. The average Bonchev–Trinajstić information content (AvgIpc) is 2.96. The lowest BCUT2D eigenvalue weighted by Gasteiger charge is -2.32. The Morgan fingerprint density at radius 2 is 1.41 bits per heavy atom. The van der Waals surface area contributed by atoms with Gasteiger partial charge in [-0.25, -0.2) is 4.79 Å². The molecule has 0 bridgehead atoms. The van der Waals surface area contributed by atoms with Crippen LogP contribution in [0.5, 0.6) is 0 Å². The van der Waals surface area contributed by atoms with E-state index in [1.54, 1.807) is 0 Å². The second kappa shape index (κ2) is 8.34. The molecule has 0 fully saturated rings. The van der Waals surface area contributed by atoms with Crippen molar-refractivity contribution < 1.29 is 9.53 Å². The number of esters is 1. The molecular formula is C27H36O2. The van der Waals surface area contributed by atoms with Crippen LogP contribution >= 0.6 is 0 Å². The van der Waals surface area contributed by atoms with E-state index in [-0.39, 0.29) is 16.8 Å². The minimum Gasteiger partial charge on any atom is -0.423 e. The highest BCUT2D eigenvalue weighted by molar-refractivity contribution is 5.95. The highest BCUT2D eigenvalue weighted by Crippen LogP contribution is 2.42. The van der Waals surface area contributed by atoms with Gasteiger partial charge in [-0.05, 0) is 92.6 Å². The summed E-state index contributed by atoms with van der Waals surface area (Å²) in [6, 6.07) is 0. The predicted molar refractivity (Wildman–Crippen MR) is 121 cm³/mol. The number of allylic oxidation sites excluding steroid dienone is 9. The zero-order valence-corrected chi connectivity index (χ0v) is 19.0. The molecule has 1 heterocycles. The molecule has 1 aliphatic heterocycles. The van der Waals surface area contributed by atoms with E-state index in [9.17, 15) is 4.79 Å². The van der Waals surface area contributed by atoms with Gasteiger partial charge >= 0.3 is 5.97 Å². The van der Waals surface area contributed by atoms with Gasteiger partial charge in [0.05, 0.1) is 5.57 Å². The molecule has 156 valence electrons. The number of carbonyl (C=O) groups is 1. The Kier molecular flexibility index (Phi) is 6.22. The van der Waals surface area contributed by atoms with Gasteiger partial charge in [-0.1, -0.05) is 57.1 Å². The van der Waals surface area contributed by atoms with Crippen LogP contribution in [0.15, 0.2) is 70.1 Å². The summed E-state index contributed by atoms with van der Waals surface area (Å²) in [5.74, 6) is 0.354. The normalized spacial score (nSPS) is 26.1. The highest BCUT2D eigenvalue weighted by Gasteiger charge is 2.28. The molecule has 0 atom stereocenters. The Morgan fingerprint density at radius 1 is 0.862 bits per heavy atom. The molecule has 29 heavy (non-hydrogen) atoms. The zero-order valence-electron chi connectivity index (χ0n) is 19.0. The summed E-state index contributed by atoms with van der Waals surface area (Å²) in [6.07, 6.45) is 19.3. The Bertz CT molecular complexity index is 866. The third-order valence-corrected chi connectivity index (χ3v) is 6.78. The molecule has 0 unspecified atom stereocenters. The minimum absolute atomic E-state index is 0.168. The van der Waals surface area contributed by atoms with Crippen molar-refractivity contribution in [3.63, 3.8) is 0 Å². The first-order chi connectivity index (χ1) is 13.6. The topological polar surface area (TPSA) is 26.3 Å². The van der Waals surface area contributed by atoms with Crippen molar-refractivity contribution in [2.75, 3.05) is 0 Å². The van der Waals surface area contributed by atoms with Crippen LogP contribution in [-0.4, -0.2) is 5.97 Å². The van der Waals surface area contributed by atoms with E-state index in [1.165, 1.54) is 54.4 Å². The van der Waals surface area contributed by atoms with Gasteiger partial charge in [0.2, 0.25) is 0 Å². The van der Waals surface area contributed by atoms with Gasteiger partial charge in [0.1, 0.15) is 5.76 Å². The van der Waals surface area contributed by atoms with E-state index >= 15 is 0 Å². The molecular weight excluding hydrogens is 356 g/mol. The first-order valence-electron chi connectivity index (χ1n) is 11.0. The molecule has 0 aromatic carbocycles. The van der Waals surface area contributed by atoms with E-state index in [4.69, 9.17) is 4.74 Å². The maximum atomic E-state index is 12.3. The Morgan fingerprint density at radius 3 is 1.97 bits per heavy atom. The van der Waals surface area contributed by atoms with Crippen LogP contribution in [0.25, 0.3) is 0 Å². The number of cyclic esters (lactones) is 1. The molecule has 3 aliphatic rings. The van der Waals surface area contributed by atoms with Crippen LogP contribution in [0.3, 0.4) is 0 Å². The third-order valence-electron chi connectivity index (χ3n) is 6.78. The second-order valence-corrected chi connectivity index (χ2v) is 10.1. The monoisotopic (exact) mass is 392 g/mol. The molecule has 0 aromatic rings. The van der Waals surface area contributed by atoms with Crippen molar-refractivity contribution in [1.29, 1.82) is 0 Å².